The van der Waals surface area contributed by atoms with E-state index in [1.54, 1.807) is 24.0 Å². The van der Waals surface area contributed by atoms with E-state index in [1.165, 1.54) is 17.0 Å². The highest BCUT2D eigenvalue weighted by atomic mass is 16.6. The first-order valence-electron chi connectivity index (χ1n) is 10.7. The average Bonchev–Trinajstić information content (AvgIpc) is 3.10. The highest BCUT2D eigenvalue weighted by Gasteiger charge is 2.29. The van der Waals surface area contributed by atoms with Gasteiger partial charge >= 0.3 is 12.1 Å². The van der Waals surface area contributed by atoms with Gasteiger partial charge in [0.15, 0.2) is 6.61 Å². The summed E-state index contributed by atoms with van der Waals surface area (Å²) < 4.78 is 10.0. The predicted molar refractivity (Wildman–Crippen MR) is 111 cm³/mol. The fourth-order valence-electron chi connectivity index (χ4n) is 3.63. The molecular formula is C22H27N3O7. The first-order valence-corrected chi connectivity index (χ1v) is 10.7. The maximum absolute atomic E-state index is 12.2. The number of rotatable bonds is 7. The fraction of sp³-hybridized carbons (Fsp3) is 0.500. The number of esters is 1. The van der Waals surface area contributed by atoms with Crippen molar-refractivity contribution in [2.24, 2.45) is 0 Å². The second-order valence-corrected chi connectivity index (χ2v) is 7.67. The predicted octanol–water partition coefficient (Wildman–Crippen LogP) is 1.23. The third-order valence-electron chi connectivity index (χ3n) is 5.41. The second kappa shape index (κ2) is 10.7. The molecule has 32 heavy (non-hydrogen) atoms. The van der Waals surface area contributed by atoms with E-state index in [0.29, 0.717) is 32.5 Å². The smallest absolute Gasteiger partial charge is 0.409 e. The molecule has 0 unspecified atom stereocenters. The molecule has 10 heteroatoms. The molecule has 1 N–H and O–H groups in total. The number of nitrogens with zero attached hydrogens (tertiary/aromatic N) is 2. The highest BCUT2D eigenvalue weighted by molar-refractivity contribution is 6.01. The molecule has 0 aromatic heterocycles. The molecule has 2 fully saturated rings. The van der Waals surface area contributed by atoms with Gasteiger partial charge in [0.1, 0.15) is 0 Å². The van der Waals surface area contributed by atoms with Gasteiger partial charge in [0.25, 0.3) is 5.91 Å². The summed E-state index contributed by atoms with van der Waals surface area (Å²) in [5.41, 5.74) is 0.987. The summed E-state index contributed by atoms with van der Waals surface area (Å²) in [4.78, 5) is 62.2. The molecule has 4 amide bonds. The van der Waals surface area contributed by atoms with Crippen LogP contribution in [0.15, 0.2) is 24.3 Å². The second-order valence-electron chi connectivity index (χ2n) is 7.67. The van der Waals surface area contributed by atoms with Gasteiger partial charge in [0.05, 0.1) is 18.7 Å². The molecule has 2 aliphatic heterocycles. The summed E-state index contributed by atoms with van der Waals surface area (Å²) in [7, 11) is 0. The summed E-state index contributed by atoms with van der Waals surface area (Å²) in [6.07, 6.45) is 1.31. The summed E-state index contributed by atoms with van der Waals surface area (Å²) in [6, 6.07) is 6.26. The van der Waals surface area contributed by atoms with Gasteiger partial charge in [0.2, 0.25) is 11.8 Å². The van der Waals surface area contributed by atoms with E-state index in [9.17, 15) is 24.0 Å². The summed E-state index contributed by atoms with van der Waals surface area (Å²) in [5, 5.41) is 2.81. The summed E-state index contributed by atoms with van der Waals surface area (Å²) in [6.45, 7) is 2.82. The summed E-state index contributed by atoms with van der Waals surface area (Å²) in [5.74, 6) is -1.44. The third kappa shape index (κ3) is 6.05. The fourth-order valence-corrected chi connectivity index (χ4v) is 3.63. The molecule has 2 aliphatic rings. The molecule has 1 aromatic rings. The SMILES string of the molecule is CCOC(=O)N1CCC(NC(=O)COC(=O)c2ccc(CN3C(=O)CCC3=O)cc2)CC1. The Kier molecular flexibility index (Phi) is 7.80. The van der Waals surface area contributed by atoms with Crippen LogP contribution in [0.25, 0.3) is 0 Å². The van der Waals surface area contributed by atoms with Crippen LogP contribution in [0.3, 0.4) is 0 Å². The van der Waals surface area contributed by atoms with Crippen molar-refractivity contribution in [1.82, 2.24) is 15.1 Å². The van der Waals surface area contributed by atoms with Crippen molar-refractivity contribution in [2.75, 3.05) is 26.3 Å². The van der Waals surface area contributed by atoms with E-state index in [4.69, 9.17) is 9.47 Å². The Labute approximate surface area is 185 Å². The molecule has 0 radical (unpaired) electrons. The van der Waals surface area contributed by atoms with Crippen LogP contribution in [0.1, 0.15) is 48.5 Å². The number of imide groups is 1. The van der Waals surface area contributed by atoms with E-state index in [1.807, 2.05) is 0 Å². The van der Waals surface area contributed by atoms with Crippen LogP contribution in [0.5, 0.6) is 0 Å². The number of hydrogen-bond acceptors (Lipinski definition) is 7. The minimum absolute atomic E-state index is 0.0952. The van der Waals surface area contributed by atoms with Gasteiger partial charge in [0, 0.05) is 32.0 Å². The molecular weight excluding hydrogens is 418 g/mol. The normalized spacial score (nSPS) is 16.8. The summed E-state index contributed by atoms with van der Waals surface area (Å²) >= 11 is 0. The molecule has 0 saturated carbocycles. The quantitative estimate of drug-likeness (QED) is 0.495. The van der Waals surface area contributed by atoms with Crippen LogP contribution in [0, 0.1) is 0 Å². The topological polar surface area (TPSA) is 122 Å². The third-order valence-corrected chi connectivity index (χ3v) is 5.41. The standard InChI is InChI=1S/C22H27N3O7/c1-2-31-22(30)24-11-9-17(10-12-24)23-18(26)14-32-21(29)16-5-3-15(4-6-16)13-25-19(27)7-8-20(25)28/h3-6,17H,2,7-14H2,1H3,(H,23,26). The first kappa shape index (κ1) is 23.2. The van der Waals surface area contributed by atoms with Gasteiger partial charge in [-0.1, -0.05) is 12.1 Å². The molecule has 0 aliphatic carbocycles. The van der Waals surface area contributed by atoms with Crippen LogP contribution in [0.4, 0.5) is 4.79 Å². The van der Waals surface area contributed by atoms with Crippen molar-refractivity contribution in [2.45, 2.75) is 45.2 Å². The lowest BCUT2D eigenvalue weighted by Gasteiger charge is -2.31. The minimum atomic E-state index is -0.642. The van der Waals surface area contributed by atoms with Crippen molar-refractivity contribution in [1.29, 1.82) is 0 Å². The van der Waals surface area contributed by atoms with Crippen LogP contribution < -0.4 is 5.32 Å². The van der Waals surface area contributed by atoms with E-state index in [2.05, 4.69) is 5.32 Å². The van der Waals surface area contributed by atoms with Crippen molar-refractivity contribution < 1.29 is 33.4 Å². The molecule has 172 valence electrons. The van der Waals surface area contributed by atoms with Crippen LogP contribution in [0.2, 0.25) is 0 Å². The van der Waals surface area contributed by atoms with Crippen LogP contribution >= 0.6 is 0 Å². The Bertz CT molecular complexity index is 860. The molecule has 10 nitrogen and oxygen atoms in total. The van der Waals surface area contributed by atoms with Crippen LogP contribution in [-0.2, 0) is 30.4 Å². The van der Waals surface area contributed by atoms with Gasteiger partial charge in [-0.2, -0.15) is 0 Å². The number of hydrogen-bond donors (Lipinski definition) is 1. The Morgan fingerprint density at radius 1 is 1.00 bits per heavy atom. The maximum atomic E-state index is 12.2. The molecule has 2 heterocycles. The van der Waals surface area contributed by atoms with Crippen molar-refractivity contribution in [3.8, 4) is 0 Å². The van der Waals surface area contributed by atoms with Gasteiger partial charge in [-0.3, -0.25) is 19.3 Å². The monoisotopic (exact) mass is 445 g/mol. The minimum Gasteiger partial charge on any atom is -0.452 e. The zero-order valence-electron chi connectivity index (χ0n) is 18.0. The molecule has 3 rings (SSSR count). The highest BCUT2D eigenvalue weighted by Crippen LogP contribution is 2.16. The van der Waals surface area contributed by atoms with E-state index in [-0.39, 0.29) is 48.9 Å². The number of benzene rings is 1. The van der Waals surface area contributed by atoms with Crippen molar-refractivity contribution in [3.63, 3.8) is 0 Å². The number of amides is 4. The van der Waals surface area contributed by atoms with E-state index in [0.717, 1.165) is 5.56 Å². The number of piperidine rings is 1. The molecule has 0 spiro atoms. The van der Waals surface area contributed by atoms with Crippen molar-refractivity contribution >= 4 is 29.8 Å². The largest absolute Gasteiger partial charge is 0.452 e. The Balaban J connectivity index is 1.39. The molecule has 0 atom stereocenters. The number of carbonyl (C=O) groups is 5. The van der Waals surface area contributed by atoms with E-state index < -0.39 is 18.5 Å². The van der Waals surface area contributed by atoms with Gasteiger partial charge < -0.3 is 19.7 Å². The maximum Gasteiger partial charge on any atom is 0.409 e. The number of ether oxygens (including phenoxy) is 2. The lowest BCUT2D eigenvalue weighted by Crippen LogP contribution is -2.47. The number of nitrogens with one attached hydrogen (secondary N) is 1. The lowest BCUT2D eigenvalue weighted by molar-refractivity contribution is -0.139. The Hall–Kier alpha value is -3.43. The van der Waals surface area contributed by atoms with Crippen LogP contribution in [-0.4, -0.2) is 71.9 Å². The number of carbonyl (C=O) groups excluding carboxylic acids is 5. The van der Waals surface area contributed by atoms with Gasteiger partial charge in [-0.15, -0.1) is 0 Å². The Morgan fingerprint density at radius 2 is 1.62 bits per heavy atom. The van der Waals surface area contributed by atoms with Gasteiger partial charge in [-0.25, -0.2) is 9.59 Å². The average molecular weight is 445 g/mol. The molecule has 2 saturated heterocycles. The van der Waals surface area contributed by atoms with E-state index >= 15 is 0 Å². The molecule has 0 bridgehead atoms. The number of likely N-dealkylation sites (tertiary alicyclic amines) is 2. The zero-order chi connectivity index (χ0) is 23.1. The van der Waals surface area contributed by atoms with Crippen molar-refractivity contribution in [3.05, 3.63) is 35.4 Å². The lowest BCUT2D eigenvalue weighted by atomic mass is 10.1. The first-order chi connectivity index (χ1) is 15.4. The Morgan fingerprint density at radius 3 is 2.22 bits per heavy atom. The zero-order valence-corrected chi connectivity index (χ0v) is 18.0. The van der Waals surface area contributed by atoms with Gasteiger partial charge in [-0.05, 0) is 37.5 Å². The molecule has 1 aromatic carbocycles.